The molecule has 0 radical (unpaired) electrons. The largest absolute Gasteiger partial charge is 0.335 e. The zero-order chi connectivity index (χ0) is 19.8. The van der Waals surface area contributed by atoms with Crippen molar-refractivity contribution < 1.29 is 22.0 Å². The van der Waals surface area contributed by atoms with Crippen molar-refractivity contribution in [1.29, 1.82) is 0 Å². The molecule has 8 heteroatoms. The molecule has 0 aromatic heterocycles. The van der Waals surface area contributed by atoms with Gasteiger partial charge in [-0.3, -0.25) is 4.79 Å². The zero-order valence-corrected chi connectivity index (χ0v) is 15.8. The molecule has 0 bridgehead atoms. The minimum Gasteiger partial charge on any atom is -0.335 e. The predicted molar refractivity (Wildman–Crippen MR) is 96.7 cm³/mol. The summed E-state index contributed by atoms with van der Waals surface area (Å²) in [4.78, 5) is 14.1. The van der Waals surface area contributed by atoms with Gasteiger partial charge in [0.25, 0.3) is 5.91 Å². The fourth-order valence-electron chi connectivity index (χ4n) is 2.66. The lowest BCUT2D eigenvalue weighted by Gasteiger charge is -2.25. The van der Waals surface area contributed by atoms with E-state index in [1.165, 1.54) is 42.3 Å². The van der Waals surface area contributed by atoms with Crippen LogP contribution in [-0.4, -0.2) is 32.3 Å². The average Bonchev–Trinajstić information content (AvgIpc) is 3.45. The van der Waals surface area contributed by atoms with Crippen LogP contribution in [-0.2, 0) is 10.0 Å². The van der Waals surface area contributed by atoms with Gasteiger partial charge in [-0.15, -0.1) is 0 Å². The summed E-state index contributed by atoms with van der Waals surface area (Å²) < 4.78 is 53.8. The second-order valence-corrected chi connectivity index (χ2v) is 8.40. The summed E-state index contributed by atoms with van der Waals surface area (Å²) in [5.41, 5.74) is 0.634. The van der Waals surface area contributed by atoms with Crippen molar-refractivity contribution in [1.82, 2.24) is 9.62 Å². The molecule has 5 nitrogen and oxygen atoms in total. The second kappa shape index (κ2) is 7.36. The van der Waals surface area contributed by atoms with Gasteiger partial charge in [-0.05, 0) is 55.7 Å². The van der Waals surface area contributed by atoms with Crippen molar-refractivity contribution in [3.63, 3.8) is 0 Å². The number of nitrogens with zero attached hydrogens (tertiary/aromatic N) is 1. The highest BCUT2D eigenvalue weighted by atomic mass is 32.2. The van der Waals surface area contributed by atoms with Crippen LogP contribution in [0.5, 0.6) is 0 Å². The lowest BCUT2D eigenvalue weighted by molar-refractivity contribution is 0.0742. The number of amides is 1. The van der Waals surface area contributed by atoms with E-state index in [0.29, 0.717) is 5.56 Å². The molecule has 0 aliphatic heterocycles. The van der Waals surface area contributed by atoms with Gasteiger partial charge in [-0.25, -0.2) is 21.9 Å². The number of sulfonamides is 1. The molecule has 1 N–H and O–H groups in total. The summed E-state index contributed by atoms with van der Waals surface area (Å²) >= 11 is 0. The molecule has 1 aliphatic rings. The molecule has 0 spiro atoms. The third-order valence-corrected chi connectivity index (χ3v) is 6.14. The molecule has 1 fully saturated rings. The minimum absolute atomic E-state index is 0.0223. The fraction of sp³-hybridized carbons (Fsp3) is 0.316. The Balaban J connectivity index is 1.82. The SMILES string of the molecule is CC(c1ccc(F)c(F)c1)N(C)C(=O)c1cccc(S(=O)(=O)NC2CC2)c1. The first-order chi connectivity index (χ1) is 12.7. The van der Waals surface area contributed by atoms with Crippen LogP contribution >= 0.6 is 0 Å². The molecule has 2 aromatic rings. The lowest BCUT2D eigenvalue weighted by atomic mass is 10.1. The van der Waals surface area contributed by atoms with Gasteiger partial charge in [-0.2, -0.15) is 0 Å². The highest BCUT2D eigenvalue weighted by Gasteiger charge is 2.28. The average molecular weight is 394 g/mol. The van der Waals surface area contributed by atoms with E-state index in [0.717, 1.165) is 25.0 Å². The van der Waals surface area contributed by atoms with Crippen LogP contribution in [0.3, 0.4) is 0 Å². The van der Waals surface area contributed by atoms with Gasteiger partial charge >= 0.3 is 0 Å². The highest BCUT2D eigenvalue weighted by Crippen LogP contribution is 2.25. The topological polar surface area (TPSA) is 66.5 Å². The first-order valence-corrected chi connectivity index (χ1v) is 10.0. The maximum atomic E-state index is 13.5. The van der Waals surface area contributed by atoms with Crippen LogP contribution in [0.1, 0.15) is 41.7 Å². The van der Waals surface area contributed by atoms with Gasteiger partial charge in [-0.1, -0.05) is 12.1 Å². The molecule has 1 saturated carbocycles. The lowest BCUT2D eigenvalue weighted by Crippen LogP contribution is -2.30. The monoisotopic (exact) mass is 394 g/mol. The molecule has 27 heavy (non-hydrogen) atoms. The Bertz CT molecular complexity index is 975. The van der Waals surface area contributed by atoms with Crippen molar-refractivity contribution in [3.8, 4) is 0 Å². The van der Waals surface area contributed by atoms with Gasteiger partial charge in [0, 0.05) is 18.7 Å². The Morgan fingerprint density at radius 1 is 1.15 bits per heavy atom. The maximum Gasteiger partial charge on any atom is 0.254 e. The Kier molecular flexibility index (Phi) is 5.30. The van der Waals surface area contributed by atoms with E-state index in [1.807, 2.05) is 0 Å². The van der Waals surface area contributed by atoms with Gasteiger partial charge in [0.15, 0.2) is 11.6 Å². The number of benzene rings is 2. The first kappa shape index (κ1) is 19.4. The summed E-state index contributed by atoms with van der Waals surface area (Å²) in [6.07, 6.45) is 1.62. The normalized spacial score (nSPS) is 15.4. The third kappa shape index (κ3) is 4.33. The third-order valence-electron chi connectivity index (χ3n) is 4.62. The fourth-order valence-corrected chi connectivity index (χ4v) is 4.01. The number of carbonyl (C=O) groups is 1. The molecule has 1 aliphatic carbocycles. The minimum atomic E-state index is -3.67. The number of hydrogen-bond donors (Lipinski definition) is 1. The predicted octanol–water partition coefficient (Wildman–Crippen LogP) is 3.24. The van der Waals surface area contributed by atoms with Gasteiger partial charge in [0.2, 0.25) is 10.0 Å². The van der Waals surface area contributed by atoms with Crippen LogP contribution < -0.4 is 4.72 Å². The molecular weight excluding hydrogens is 374 g/mol. The van der Waals surface area contributed by atoms with Gasteiger partial charge in [0.05, 0.1) is 10.9 Å². The van der Waals surface area contributed by atoms with Crippen molar-refractivity contribution in [2.24, 2.45) is 0 Å². The summed E-state index contributed by atoms with van der Waals surface area (Å²) in [5, 5.41) is 0. The van der Waals surface area contributed by atoms with Crippen molar-refractivity contribution in [2.75, 3.05) is 7.05 Å². The number of nitrogens with one attached hydrogen (secondary N) is 1. The molecule has 1 amide bonds. The van der Waals surface area contributed by atoms with Crippen LogP contribution in [0.15, 0.2) is 47.4 Å². The second-order valence-electron chi connectivity index (χ2n) is 6.69. The van der Waals surface area contributed by atoms with Crippen LogP contribution in [0.4, 0.5) is 8.78 Å². The summed E-state index contributed by atoms with van der Waals surface area (Å²) in [7, 11) is -2.15. The van der Waals surface area contributed by atoms with Crippen molar-refractivity contribution in [2.45, 2.75) is 36.7 Å². The van der Waals surface area contributed by atoms with E-state index in [-0.39, 0.29) is 16.5 Å². The van der Waals surface area contributed by atoms with Crippen LogP contribution in [0, 0.1) is 11.6 Å². The van der Waals surface area contributed by atoms with E-state index in [9.17, 15) is 22.0 Å². The smallest absolute Gasteiger partial charge is 0.254 e. The van der Waals surface area contributed by atoms with E-state index >= 15 is 0 Å². The summed E-state index contributed by atoms with van der Waals surface area (Å²) in [6.45, 7) is 1.68. The number of rotatable bonds is 6. The van der Waals surface area contributed by atoms with E-state index < -0.39 is 33.6 Å². The molecule has 0 saturated heterocycles. The van der Waals surface area contributed by atoms with E-state index in [4.69, 9.17) is 0 Å². The first-order valence-electron chi connectivity index (χ1n) is 8.53. The number of hydrogen-bond acceptors (Lipinski definition) is 3. The standard InChI is InChI=1S/C19H20F2N2O3S/c1-12(13-6-9-17(20)18(21)11-13)23(2)19(24)14-4-3-5-16(10-14)27(25,26)22-15-7-8-15/h3-6,9-12,15,22H,7-8H2,1-2H3. The van der Waals surface area contributed by atoms with E-state index in [2.05, 4.69) is 4.72 Å². The molecule has 144 valence electrons. The van der Waals surface area contributed by atoms with Crippen molar-refractivity contribution in [3.05, 3.63) is 65.2 Å². The summed E-state index contributed by atoms with van der Waals surface area (Å²) in [6, 6.07) is 8.68. The molecule has 1 atom stereocenters. The maximum absolute atomic E-state index is 13.5. The highest BCUT2D eigenvalue weighted by molar-refractivity contribution is 7.89. The zero-order valence-electron chi connectivity index (χ0n) is 14.9. The Morgan fingerprint density at radius 3 is 2.48 bits per heavy atom. The number of halogens is 2. The summed E-state index contributed by atoms with van der Waals surface area (Å²) in [5.74, 6) is -2.36. The van der Waals surface area contributed by atoms with Crippen LogP contribution in [0.25, 0.3) is 0 Å². The Morgan fingerprint density at radius 2 is 1.85 bits per heavy atom. The van der Waals surface area contributed by atoms with Gasteiger partial charge in [0.1, 0.15) is 0 Å². The number of carbonyl (C=O) groups excluding carboxylic acids is 1. The molecule has 3 rings (SSSR count). The van der Waals surface area contributed by atoms with E-state index in [1.54, 1.807) is 6.92 Å². The van der Waals surface area contributed by atoms with Gasteiger partial charge < -0.3 is 4.90 Å². The molecular formula is C19H20F2N2O3S. The quantitative estimate of drug-likeness (QED) is 0.818. The molecule has 1 unspecified atom stereocenters. The van der Waals surface area contributed by atoms with Crippen LogP contribution in [0.2, 0.25) is 0 Å². The molecule has 2 aromatic carbocycles. The molecule has 0 heterocycles. The van der Waals surface area contributed by atoms with Crippen molar-refractivity contribution >= 4 is 15.9 Å². The Labute approximate surface area is 157 Å². The Hall–Kier alpha value is -2.32.